The number of rotatable bonds is 5. The average molecular weight is 357 g/mol. The van der Waals surface area contributed by atoms with E-state index in [1.165, 1.54) is 0 Å². The average Bonchev–Trinajstić information content (AvgIpc) is 3.18. The molecule has 2 heterocycles. The number of hydrogen-bond acceptors (Lipinski definition) is 3. The number of nitrogens with zero attached hydrogens (tertiary/aromatic N) is 1. The van der Waals surface area contributed by atoms with Crippen molar-refractivity contribution in [3.05, 3.63) is 29.3 Å². The fourth-order valence-corrected chi connectivity index (χ4v) is 4.17. The smallest absolute Gasteiger partial charge is 0.254 e. The standard InChI is InChI=1S/C21H31N3O2/c1-15(17-8-10-22-11-9-17)14-20(25)23-19-7-5-6-18(16(19)2)21(26)24-12-3-4-13-24/h5-7,15,17,22H,3-4,8-14H2,1-2H3,(H,23,25). The largest absolute Gasteiger partial charge is 0.339 e. The number of carbonyl (C=O) groups is 2. The van der Waals surface area contributed by atoms with Crippen LogP contribution in [-0.2, 0) is 4.79 Å². The third-order valence-corrected chi connectivity index (χ3v) is 5.93. The van der Waals surface area contributed by atoms with E-state index in [0.29, 0.717) is 23.8 Å². The van der Waals surface area contributed by atoms with Gasteiger partial charge < -0.3 is 15.5 Å². The van der Waals surface area contributed by atoms with E-state index in [1.54, 1.807) is 0 Å². The van der Waals surface area contributed by atoms with Gasteiger partial charge in [0.1, 0.15) is 0 Å². The summed E-state index contributed by atoms with van der Waals surface area (Å²) >= 11 is 0. The van der Waals surface area contributed by atoms with E-state index >= 15 is 0 Å². The molecule has 2 N–H and O–H groups in total. The molecule has 0 aromatic heterocycles. The lowest BCUT2D eigenvalue weighted by molar-refractivity contribution is -0.117. The van der Waals surface area contributed by atoms with Crippen LogP contribution in [0.3, 0.4) is 0 Å². The fraction of sp³-hybridized carbons (Fsp3) is 0.619. The molecule has 5 nitrogen and oxygen atoms in total. The van der Waals surface area contributed by atoms with Crippen LogP contribution in [0.4, 0.5) is 5.69 Å². The summed E-state index contributed by atoms with van der Waals surface area (Å²) in [5.41, 5.74) is 2.33. The van der Waals surface area contributed by atoms with Crippen LogP contribution >= 0.6 is 0 Å². The van der Waals surface area contributed by atoms with Gasteiger partial charge in [0.05, 0.1) is 0 Å². The Morgan fingerprint density at radius 2 is 1.92 bits per heavy atom. The molecule has 142 valence electrons. The summed E-state index contributed by atoms with van der Waals surface area (Å²) < 4.78 is 0. The Hall–Kier alpha value is -1.88. The molecule has 0 aliphatic carbocycles. The number of nitrogens with one attached hydrogen (secondary N) is 2. The number of hydrogen-bond donors (Lipinski definition) is 2. The van der Waals surface area contributed by atoms with Crippen molar-refractivity contribution in [1.29, 1.82) is 0 Å². The van der Waals surface area contributed by atoms with Crippen molar-refractivity contribution in [2.45, 2.75) is 46.0 Å². The van der Waals surface area contributed by atoms with Gasteiger partial charge in [-0.25, -0.2) is 0 Å². The molecule has 5 heteroatoms. The summed E-state index contributed by atoms with van der Waals surface area (Å²) in [7, 11) is 0. The maximum absolute atomic E-state index is 12.7. The van der Waals surface area contributed by atoms with Crippen molar-refractivity contribution in [3.8, 4) is 0 Å². The van der Waals surface area contributed by atoms with Gasteiger partial charge in [0.15, 0.2) is 0 Å². The molecule has 3 rings (SSSR count). The molecule has 1 unspecified atom stereocenters. The maximum atomic E-state index is 12.7. The second kappa shape index (κ2) is 8.67. The van der Waals surface area contributed by atoms with Gasteiger partial charge in [0, 0.05) is 30.8 Å². The SMILES string of the molecule is Cc1c(NC(=O)CC(C)C2CCNCC2)cccc1C(=O)N1CCCC1. The summed E-state index contributed by atoms with van der Waals surface area (Å²) in [5.74, 6) is 1.13. The minimum absolute atomic E-state index is 0.0462. The van der Waals surface area contributed by atoms with E-state index < -0.39 is 0 Å². The quantitative estimate of drug-likeness (QED) is 0.851. The van der Waals surface area contributed by atoms with Crippen LogP contribution in [0, 0.1) is 18.8 Å². The van der Waals surface area contributed by atoms with E-state index in [0.717, 1.165) is 63.1 Å². The third kappa shape index (κ3) is 4.44. The molecule has 0 bridgehead atoms. The Kier molecular flexibility index (Phi) is 6.30. The summed E-state index contributed by atoms with van der Waals surface area (Å²) in [6.07, 6.45) is 4.99. The molecule has 0 spiro atoms. The highest BCUT2D eigenvalue weighted by atomic mass is 16.2. The van der Waals surface area contributed by atoms with E-state index in [9.17, 15) is 9.59 Å². The lowest BCUT2D eigenvalue weighted by Gasteiger charge is -2.28. The van der Waals surface area contributed by atoms with Gasteiger partial charge in [-0.15, -0.1) is 0 Å². The fourth-order valence-electron chi connectivity index (χ4n) is 4.17. The number of anilines is 1. The van der Waals surface area contributed by atoms with E-state index in [4.69, 9.17) is 0 Å². The zero-order valence-electron chi connectivity index (χ0n) is 16.0. The maximum Gasteiger partial charge on any atom is 0.254 e. The lowest BCUT2D eigenvalue weighted by atomic mass is 9.84. The first kappa shape index (κ1) is 18.9. The topological polar surface area (TPSA) is 61.4 Å². The molecule has 2 saturated heterocycles. The van der Waals surface area contributed by atoms with Crippen LogP contribution < -0.4 is 10.6 Å². The highest BCUT2D eigenvalue weighted by Gasteiger charge is 2.24. The van der Waals surface area contributed by atoms with Gasteiger partial charge in [-0.3, -0.25) is 9.59 Å². The summed E-state index contributed by atoms with van der Waals surface area (Å²) in [4.78, 5) is 27.1. The molecule has 2 aliphatic heterocycles. The number of carbonyl (C=O) groups excluding carboxylic acids is 2. The normalized spacial score (nSPS) is 19.4. The van der Waals surface area contributed by atoms with Crippen molar-refractivity contribution < 1.29 is 9.59 Å². The van der Waals surface area contributed by atoms with Gasteiger partial charge in [-0.05, 0) is 75.2 Å². The van der Waals surface area contributed by atoms with Crippen molar-refractivity contribution in [3.63, 3.8) is 0 Å². The first-order valence-electron chi connectivity index (χ1n) is 9.95. The first-order valence-corrected chi connectivity index (χ1v) is 9.95. The monoisotopic (exact) mass is 357 g/mol. The molecule has 1 aromatic carbocycles. The van der Waals surface area contributed by atoms with Gasteiger partial charge >= 0.3 is 0 Å². The molecule has 1 atom stereocenters. The Morgan fingerprint density at radius 3 is 2.62 bits per heavy atom. The van der Waals surface area contributed by atoms with Crippen LogP contribution in [0.5, 0.6) is 0 Å². The first-order chi connectivity index (χ1) is 12.6. The van der Waals surface area contributed by atoms with E-state index in [-0.39, 0.29) is 11.8 Å². The predicted octanol–water partition coefficient (Wildman–Crippen LogP) is 3.20. The predicted molar refractivity (Wildman–Crippen MR) is 104 cm³/mol. The molecular weight excluding hydrogens is 326 g/mol. The second-order valence-corrected chi connectivity index (χ2v) is 7.79. The van der Waals surface area contributed by atoms with E-state index in [2.05, 4.69) is 17.6 Å². The summed E-state index contributed by atoms with van der Waals surface area (Å²) in [5, 5.41) is 6.41. The molecule has 0 radical (unpaired) electrons. The van der Waals surface area contributed by atoms with Crippen LogP contribution in [0.1, 0.15) is 54.9 Å². The number of benzene rings is 1. The van der Waals surface area contributed by atoms with Gasteiger partial charge in [-0.2, -0.15) is 0 Å². The number of likely N-dealkylation sites (tertiary alicyclic amines) is 1. The number of amides is 2. The van der Waals surface area contributed by atoms with E-state index in [1.807, 2.05) is 30.0 Å². The molecule has 2 aliphatic rings. The second-order valence-electron chi connectivity index (χ2n) is 7.79. The zero-order chi connectivity index (χ0) is 18.5. The van der Waals surface area contributed by atoms with Gasteiger partial charge in [-0.1, -0.05) is 13.0 Å². The summed E-state index contributed by atoms with van der Waals surface area (Å²) in [6, 6.07) is 5.62. The van der Waals surface area contributed by atoms with Crippen LogP contribution in [0.15, 0.2) is 18.2 Å². The Morgan fingerprint density at radius 1 is 1.23 bits per heavy atom. The van der Waals surface area contributed by atoms with Crippen molar-refractivity contribution in [2.24, 2.45) is 11.8 Å². The summed E-state index contributed by atoms with van der Waals surface area (Å²) in [6.45, 7) is 7.88. The van der Waals surface area contributed by atoms with Crippen LogP contribution in [0.25, 0.3) is 0 Å². The minimum Gasteiger partial charge on any atom is -0.339 e. The van der Waals surface area contributed by atoms with Crippen molar-refractivity contribution >= 4 is 17.5 Å². The highest BCUT2D eigenvalue weighted by molar-refractivity contribution is 5.99. The third-order valence-electron chi connectivity index (χ3n) is 5.93. The molecule has 2 amide bonds. The molecule has 1 aromatic rings. The van der Waals surface area contributed by atoms with Crippen molar-refractivity contribution in [1.82, 2.24) is 10.2 Å². The van der Waals surface area contributed by atoms with Gasteiger partial charge in [0.25, 0.3) is 5.91 Å². The van der Waals surface area contributed by atoms with Crippen LogP contribution in [0.2, 0.25) is 0 Å². The molecule has 0 saturated carbocycles. The van der Waals surface area contributed by atoms with Crippen molar-refractivity contribution in [2.75, 3.05) is 31.5 Å². The Bertz CT molecular complexity index is 647. The zero-order valence-corrected chi connectivity index (χ0v) is 16.0. The Labute approximate surface area is 156 Å². The highest BCUT2D eigenvalue weighted by Crippen LogP contribution is 2.26. The Balaban J connectivity index is 1.62. The lowest BCUT2D eigenvalue weighted by Crippen LogP contribution is -2.32. The molecule has 26 heavy (non-hydrogen) atoms. The molecular formula is C21H31N3O2. The van der Waals surface area contributed by atoms with Crippen LogP contribution in [-0.4, -0.2) is 42.9 Å². The van der Waals surface area contributed by atoms with Gasteiger partial charge in [0.2, 0.25) is 5.91 Å². The minimum atomic E-state index is 0.0462. The molecule has 2 fully saturated rings. The number of piperidine rings is 1.